The quantitative estimate of drug-likeness (QED) is 0.798. The summed E-state index contributed by atoms with van der Waals surface area (Å²) in [6.45, 7) is 3.13. The molecule has 0 aliphatic carbocycles. The van der Waals surface area contributed by atoms with Crippen molar-refractivity contribution in [3.63, 3.8) is 0 Å². The van der Waals surface area contributed by atoms with Gasteiger partial charge in [0.2, 0.25) is 0 Å². The van der Waals surface area contributed by atoms with E-state index in [9.17, 15) is 0 Å². The van der Waals surface area contributed by atoms with Gasteiger partial charge in [0.25, 0.3) is 0 Å². The molecule has 0 atom stereocenters. The highest BCUT2D eigenvalue weighted by Gasteiger charge is 2.22. The van der Waals surface area contributed by atoms with Crippen molar-refractivity contribution in [2.75, 3.05) is 13.1 Å². The van der Waals surface area contributed by atoms with E-state index in [0.29, 0.717) is 5.92 Å². The molecule has 1 saturated heterocycles. The molecule has 0 radical (unpaired) electrons. The number of rotatable bonds is 4. The number of H-pyrrole nitrogens is 1. The summed E-state index contributed by atoms with van der Waals surface area (Å²) in [5, 5.41) is 2.13. The molecule has 0 amide bonds. The molecule has 4 heterocycles. The number of nitrogens with zero attached hydrogens (tertiary/aromatic N) is 5. The number of imidazole rings is 1. The topological polar surface area (TPSA) is 70.6 Å². The van der Waals surface area contributed by atoms with Gasteiger partial charge in [0.1, 0.15) is 5.69 Å². The first-order valence-corrected chi connectivity index (χ1v) is 8.74. The number of aromatic nitrogens is 5. The molecule has 4 rings (SSSR count). The summed E-state index contributed by atoms with van der Waals surface area (Å²) in [5.74, 6) is 1.27. The molecular formula is C16H18N6S. The molecule has 0 aromatic carbocycles. The van der Waals surface area contributed by atoms with Crippen LogP contribution in [-0.4, -0.2) is 42.9 Å². The van der Waals surface area contributed by atoms with Crippen molar-refractivity contribution < 1.29 is 0 Å². The average molecular weight is 326 g/mol. The predicted molar refractivity (Wildman–Crippen MR) is 89.0 cm³/mol. The minimum absolute atomic E-state index is 0.500. The Morgan fingerprint density at radius 2 is 2.04 bits per heavy atom. The molecule has 0 bridgehead atoms. The zero-order chi connectivity index (χ0) is 15.5. The molecule has 7 heteroatoms. The van der Waals surface area contributed by atoms with Crippen LogP contribution in [0.4, 0.5) is 0 Å². The van der Waals surface area contributed by atoms with Gasteiger partial charge in [0.15, 0.2) is 5.82 Å². The van der Waals surface area contributed by atoms with Crippen molar-refractivity contribution >= 4 is 11.3 Å². The van der Waals surface area contributed by atoms with Crippen LogP contribution < -0.4 is 0 Å². The summed E-state index contributed by atoms with van der Waals surface area (Å²) >= 11 is 1.66. The lowest BCUT2D eigenvalue weighted by Gasteiger charge is -2.31. The Balaban J connectivity index is 1.36. The van der Waals surface area contributed by atoms with E-state index in [1.807, 2.05) is 17.9 Å². The molecular weight excluding hydrogens is 308 g/mol. The highest BCUT2D eigenvalue weighted by molar-refractivity contribution is 7.07. The molecule has 118 valence electrons. The lowest BCUT2D eigenvalue weighted by molar-refractivity contribution is 0.201. The highest BCUT2D eigenvalue weighted by Crippen LogP contribution is 2.27. The Morgan fingerprint density at radius 3 is 2.70 bits per heavy atom. The molecule has 3 aromatic heterocycles. The number of hydrogen-bond donors (Lipinski definition) is 1. The van der Waals surface area contributed by atoms with E-state index in [1.165, 1.54) is 5.69 Å². The second-order valence-corrected chi connectivity index (χ2v) is 6.51. The van der Waals surface area contributed by atoms with E-state index in [0.717, 1.165) is 49.7 Å². The molecule has 1 fully saturated rings. The molecule has 23 heavy (non-hydrogen) atoms. The fourth-order valence-electron chi connectivity index (χ4n) is 3.01. The largest absolute Gasteiger partial charge is 0.343 e. The Bertz CT molecular complexity index is 715. The molecule has 1 aliphatic heterocycles. The van der Waals surface area contributed by atoms with E-state index >= 15 is 0 Å². The minimum Gasteiger partial charge on any atom is -0.343 e. The normalized spacial score (nSPS) is 16.7. The Morgan fingerprint density at radius 1 is 1.13 bits per heavy atom. The molecule has 0 spiro atoms. The van der Waals surface area contributed by atoms with Gasteiger partial charge in [-0.15, -0.1) is 11.3 Å². The lowest BCUT2D eigenvalue weighted by atomic mass is 9.93. The molecule has 3 aromatic rings. The SMILES string of the molecule is c1c[nH]c(-c2cnc(C3CCN(Cc4cscn4)CC3)cn2)n1. The second kappa shape index (κ2) is 6.55. The van der Waals surface area contributed by atoms with Crippen LogP contribution in [0, 0.1) is 0 Å². The Kier molecular flexibility index (Phi) is 4.12. The van der Waals surface area contributed by atoms with Gasteiger partial charge in [-0.1, -0.05) is 0 Å². The van der Waals surface area contributed by atoms with Gasteiger partial charge in [-0.3, -0.25) is 9.88 Å². The van der Waals surface area contributed by atoms with Crippen LogP contribution >= 0.6 is 11.3 Å². The van der Waals surface area contributed by atoms with E-state index in [2.05, 4.69) is 35.2 Å². The minimum atomic E-state index is 0.500. The first-order chi connectivity index (χ1) is 11.4. The number of likely N-dealkylation sites (tertiary alicyclic amines) is 1. The fourth-order valence-corrected chi connectivity index (χ4v) is 3.56. The summed E-state index contributed by atoms with van der Waals surface area (Å²) < 4.78 is 0. The van der Waals surface area contributed by atoms with Crippen molar-refractivity contribution in [1.82, 2.24) is 29.8 Å². The Hall–Kier alpha value is -2.12. The van der Waals surface area contributed by atoms with Crippen LogP contribution in [0.3, 0.4) is 0 Å². The van der Waals surface area contributed by atoms with Gasteiger partial charge in [-0.05, 0) is 25.9 Å². The molecule has 0 saturated carbocycles. The summed E-state index contributed by atoms with van der Waals surface area (Å²) in [6, 6.07) is 0. The maximum Gasteiger partial charge on any atom is 0.157 e. The van der Waals surface area contributed by atoms with Gasteiger partial charge < -0.3 is 4.98 Å². The third-order valence-electron chi connectivity index (χ3n) is 4.29. The molecule has 1 N–H and O–H groups in total. The van der Waals surface area contributed by atoms with Gasteiger partial charge in [0.05, 0.1) is 23.1 Å². The van der Waals surface area contributed by atoms with Crippen LogP contribution in [0.15, 0.2) is 35.7 Å². The first kappa shape index (κ1) is 14.5. The number of hydrogen-bond acceptors (Lipinski definition) is 6. The maximum atomic E-state index is 4.61. The summed E-state index contributed by atoms with van der Waals surface area (Å²) in [5.41, 5.74) is 4.96. The van der Waals surface area contributed by atoms with E-state index < -0.39 is 0 Å². The van der Waals surface area contributed by atoms with Crippen molar-refractivity contribution in [1.29, 1.82) is 0 Å². The zero-order valence-electron chi connectivity index (χ0n) is 12.7. The van der Waals surface area contributed by atoms with Crippen LogP contribution in [0.1, 0.15) is 30.1 Å². The first-order valence-electron chi connectivity index (χ1n) is 7.79. The second-order valence-electron chi connectivity index (χ2n) is 5.79. The Labute approximate surface area is 138 Å². The van der Waals surface area contributed by atoms with Crippen LogP contribution in [0.2, 0.25) is 0 Å². The standard InChI is InChI=1S/C16H18N6S/c1-5-22(9-13-10-23-11-21-13)6-2-12(1)14-7-20-15(8-19-14)16-17-3-4-18-16/h3-4,7-8,10-12H,1-2,5-6,9H2,(H,17,18). The third-order valence-corrected chi connectivity index (χ3v) is 4.92. The van der Waals surface area contributed by atoms with Crippen molar-refractivity contribution in [2.24, 2.45) is 0 Å². The third kappa shape index (κ3) is 3.30. The summed E-state index contributed by atoms with van der Waals surface area (Å²) in [6.07, 6.45) is 9.48. The predicted octanol–water partition coefficient (Wildman–Crippen LogP) is 2.70. The van der Waals surface area contributed by atoms with Gasteiger partial charge >= 0.3 is 0 Å². The van der Waals surface area contributed by atoms with E-state index in [4.69, 9.17) is 0 Å². The molecule has 1 aliphatic rings. The van der Waals surface area contributed by atoms with Crippen LogP contribution in [-0.2, 0) is 6.54 Å². The summed E-state index contributed by atoms with van der Waals surface area (Å²) in [7, 11) is 0. The van der Waals surface area contributed by atoms with Crippen LogP contribution in [0.5, 0.6) is 0 Å². The average Bonchev–Trinajstić information content (AvgIpc) is 3.30. The number of nitrogens with one attached hydrogen (secondary N) is 1. The van der Waals surface area contributed by atoms with Crippen LogP contribution in [0.25, 0.3) is 11.5 Å². The molecule has 0 unspecified atom stereocenters. The molecule has 6 nitrogen and oxygen atoms in total. The van der Waals surface area contributed by atoms with Gasteiger partial charge in [0, 0.05) is 36.4 Å². The maximum absolute atomic E-state index is 4.61. The van der Waals surface area contributed by atoms with Crippen molar-refractivity contribution in [3.8, 4) is 11.5 Å². The summed E-state index contributed by atoms with van der Waals surface area (Å²) in [4.78, 5) is 23.2. The number of thiazole rings is 1. The fraction of sp³-hybridized carbons (Fsp3) is 0.375. The zero-order valence-corrected chi connectivity index (χ0v) is 13.5. The van der Waals surface area contributed by atoms with Crippen molar-refractivity contribution in [2.45, 2.75) is 25.3 Å². The lowest BCUT2D eigenvalue weighted by Crippen LogP contribution is -2.32. The number of piperidine rings is 1. The monoisotopic (exact) mass is 326 g/mol. The van der Waals surface area contributed by atoms with E-state index in [1.54, 1.807) is 23.7 Å². The van der Waals surface area contributed by atoms with E-state index in [-0.39, 0.29) is 0 Å². The van der Waals surface area contributed by atoms with Gasteiger partial charge in [-0.2, -0.15) is 0 Å². The highest BCUT2D eigenvalue weighted by atomic mass is 32.1. The smallest absolute Gasteiger partial charge is 0.157 e. The van der Waals surface area contributed by atoms with Gasteiger partial charge in [-0.25, -0.2) is 15.0 Å². The number of aromatic amines is 1. The van der Waals surface area contributed by atoms with Crippen molar-refractivity contribution in [3.05, 3.63) is 47.1 Å².